The number of benzene rings is 3. The summed E-state index contributed by atoms with van der Waals surface area (Å²) in [5, 5.41) is 3.54. The van der Waals surface area contributed by atoms with Gasteiger partial charge in [-0.25, -0.2) is 8.42 Å². The number of nitrogens with one attached hydrogen (secondary N) is 1. The van der Waals surface area contributed by atoms with Gasteiger partial charge in [0.05, 0.1) is 17.7 Å². The molecule has 8 nitrogen and oxygen atoms in total. The third-order valence-electron chi connectivity index (χ3n) is 7.32. The molecule has 1 aliphatic rings. The van der Waals surface area contributed by atoms with Gasteiger partial charge < -0.3 is 15.0 Å². The van der Waals surface area contributed by atoms with Crippen LogP contribution >= 0.6 is 23.2 Å². The summed E-state index contributed by atoms with van der Waals surface area (Å²) in [5.74, 6) is -0.212. The summed E-state index contributed by atoms with van der Waals surface area (Å²) in [5.41, 5.74) is 0.868. The molecule has 0 spiro atoms. The van der Waals surface area contributed by atoms with Crippen LogP contribution in [0.15, 0.2) is 77.7 Å². The van der Waals surface area contributed by atoms with Crippen LogP contribution in [0.5, 0.6) is 5.75 Å². The third-order valence-corrected chi connectivity index (χ3v) is 9.54. The fourth-order valence-corrected chi connectivity index (χ4v) is 7.12. The monoisotopic (exact) mass is 631 g/mol. The molecule has 1 saturated carbocycles. The SMILES string of the molecule is CC[C@@H](C(=O)NC1CCCC1)N(Cc1cccc(OC)c1)C(=O)CN(c1cc(Cl)cc(Cl)c1)S(=O)(=O)c1ccccc1. The average molecular weight is 633 g/mol. The zero-order valence-corrected chi connectivity index (χ0v) is 26.0. The second kappa shape index (κ2) is 14.3. The quantitative estimate of drug-likeness (QED) is 0.262. The topological polar surface area (TPSA) is 96.0 Å². The van der Waals surface area contributed by atoms with Crippen LogP contribution < -0.4 is 14.4 Å². The number of hydrogen-bond donors (Lipinski definition) is 1. The summed E-state index contributed by atoms with van der Waals surface area (Å²) in [4.78, 5) is 29.2. The molecule has 1 atom stereocenters. The molecule has 224 valence electrons. The standard InChI is InChI=1S/C31H35Cl2N3O5S/c1-3-29(31(38)34-25-11-7-8-12-25)35(20-22-10-9-13-27(16-22)41-2)30(37)21-36(26-18-23(32)17-24(33)19-26)42(39,40)28-14-5-4-6-15-28/h4-6,9-10,13-19,25,29H,3,7-8,11-12,20-21H2,1-2H3,(H,34,38)/t29-/m0/s1. The Morgan fingerprint density at radius 1 is 0.976 bits per heavy atom. The molecule has 4 rings (SSSR count). The number of carbonyl (C=O) groups is 2. The molecule has 0 heterocycles. The molecule has 3 aromatic rings. The number of rotatable bonds is 12. The summed E-state index contributed by atoms with van der Waals surface area (Å²) in [6.45, 7) is 1.33. The molecule has 0 bridgehead atoms. The van der Waals surface area contributed by atoms with Crippen molar-refractivity contribution in [2.75, 3.05) is 18.0 Å². The lowest BCUT2D eigenvalue weighted by molar-refractivity contribution is -0.140. The number of amides is 2. The van der Waals surface area contributed by atoms with Gasteiger partial charge in [-0.1, -0.05) is 73.3 Å². The minimum Gasteiger partial charge on any atom is -0.497 e. The molecule has 0 unspecified atom stereocenters. The van der Waals surface area contributed by atoms with Crippen LogP contribution in [0.4, 0.5) is 5.69 Å². The van der Waals surface area contributed by atoms with Crippen LogP contribution in [0.3, 0.4) is 0 Å². The molecule has 0 saturated heterocycles. The molecule has 1 aliphatic carbocycles. The van der Waals surface area contributed by atoms with Crippen molar-refractivity contribution >= 4 is 50.7 Å². The van der Waals surface area contributed by atoms with Crippen LogP contribution in [-0.2, 0) is 26.2 Å². The maximum absolute atomic E-state index is 14.2. The zero-order chi connectivity index (χ0) is 30.3. The predicted octanol–water partition coefficient (Wildman–Crippen LogP) is 6.06. The van der Waals surface area contributed by atoms with Crippen molar-refractivity contribution < 1.29 is 22.7 Å². The van der Waals surface area contributed by atoms with Crippen molar-refractivity contribution in [3.05, 3.63) is 88.4 Å². The van der Waals surface area contributed by atoms with Gasteiger partial charge in [0.15, 0.2) is 0 Å². The van der Waals surface area contributed by atoms with Gasteiger partial charge in [-0.2, -0.15) is 0 Å². The van der Waals surface area contributed by atoms with E-state index in [1.54, 1.807) is 43.5 Å². The van der Waals surface area contributed by atoms with Crippen LogP contribution in [0, 0.1) is 0 Å². The van der Waals surface area contributed by atoms with Gasteiger partial charge in [0, 0.05) is 22.6 Å². The van der Waals surface area contributed by atoms with Gasteiger partial charge in [0.1, 0.15) is 18.3 Å². The van der Waals surface area contributed by atoms with E-state index in [9.17, 15) is 18.0 Å². The number of anilines is 1. The van der Waals surface area contributed by atoms with Crippen molar-refractivity contribution in [3.8, 4) is 5.75 Å². The Hall–Kier alpha value is -3.27. The smallest absolute Gasteiger partial charge is 0.264 e. The molecular weight excluding hydrogens is 597 g/mol. The lowest BCUT2D eigenvalue weighted by Crippen LogP contribution is -2.53. The van der Waals surface area contributed by atoms with E-state index in [-0.39, 0.29) is 39.1 Å². The van der Waals surface area contributed by atoms with E-state index in [0.29, 0.717) is 12.2 Å². The van der Waals surface area contributed by atoms with Crippen LogP contribution in [-0.4, -0.2) is 50.9 Å². The minimum atomic E-state index is -4.22. The van der Waals surface area contributed by atoms with Crippen molar-refractivity contribution in [3.63, 3.8) is 0 Å². The Labute approximate surface area is 257 Å². The number of nitrogens with zero attached hydrogens (tertiary/aromatic N) is 2. The number of sulfonamides is 1. The van der Waals surface area contributed by atoms with E-state index in [1.165, 1.54) is 35.2 Å². The Kier molecular flexibility index (Phi) is 10.8. The molecule has 0 aliphatic heterocycles. The van der Waals surface area contributed by atoms with Crippen molar-refractivity contribution in [1.29, 1.82) is 0 Å². The maximum Gasteiger partial charge on any atom is 0.264 e. The first-order valence-electron chi connectivity index (χ1n) is 13.9. The maximum atomic E-state index is 14.2. The van der Waals surface area contributed by atoms with E-state index >= 15 is 0 Å². The Bertz CT molecular complexity index is 1480. The lowest BCUT2D eigenvalue weighted by atomic mass is 10.1. The highest BCUT2D eigenvalue weighted by molar-refractivity contribution is 7.92. The number of methoxy groups -OCH3 is 1. The second-order valence-electron chi connectivity index (χ2n) is 10.2. The van der Waals surface area contributed by atoms with Crippen molar-refractivity contribution in [2.24, 2.45) is 0 Å². The first-order valence-corrected chi connectivity index (χ1v) is 16.1. The summed E-state index contributed by atoms with van der Waals surface area (Å²) in [6, 6.07) is 18.6. The van der Waals surface area contributed by atoms with Crippen LogP contribution in [0.25, 0.3) is 0 Å². The van der Waals surface area contributed by atoms with Crippen LogP contribution in [0.1, 0.15) is 44.6 Å². The number of ether oxygens (including phenoxy) is 1. The highest BCUT2D eigenvalue weighted by atomic mass is 35.5. The van der Waals surface area contributed by atoms with Gasteiger partial charge in [0.25, 0.3) is 10.0 Å². The second-order valence-corrected chi connectivity index (χ2v) is 13.0. The first-order chi connectivity index (χ1) is 20.1. The molecule has 1 fully saturated rings. The van der Waals surface area contributed by atoms with Gasteiger partial charge >= 0.3 is 0 Å². The number of halogens is 2. The van der Waals surface area contributed by atoms with E-state index in [2.05, 4.69) is 5.32 Å². The van der Waals surface area contributed by atoms with E-state index in [1.807, 2.05) is 13.0 Å². The minimum absolute atomic E-state index is 0.000684. The van der Waals surface area contributed by atoms with Crippen molar-refractivity contribution in [2.45, 2.75) is 62.6 Å². The molecule has 1 N–H and O–H groups in total. The summed E-state index contributed by atoms with van der Waals surface area (Å²) < 4.78 is 34.2. The van der Waals surface area contributed by atoms with Crippen LogP contribution in [0.2, 0.25) is 10.0 Å². The van der Waals surface area contributed by atoms with E-state index in [0.717, 1.165) is 35.6 Å². The highest BCUT2D eigenvalue weighted by Crippen LogP contribution is 2.30. The molecule has 0 radical (unpaired) electrons. The van der Waals surface area contributed by atoms with Gasteiger partial charge in [-0.05, 0) is 67.3 Å². The lowest BCUT2D eigenvalue weighted by Gasteiger charge is -2.34. The van der Waals surface area contributed by atoms with Gasteiger partial charge in [0.2, 0.25) is 11.8 Å². The average Bonchev–Trinajstić information content (AvgIpc) is 3.48. The van der Waals surface area contributed by atoms with E-state index in [4.69, 9.17) is 27.9 Å². The van der Waals surface area contributed by atoms with Gasteiger partial charge in [-0.3, -0.25) is 13.9 Å². The third kappa shape index (κ3) is 7.76. The fourth-order valence-electron chi connectivity index (χ4n) is 5.19. The number of hydrogen-bond acceptors (Lipinski definition) is 5. The zero-order valence-electron chi connectivity index (χ0n) is 23.6. The normalized spacial score (nSPS) is 14.3. The molecular formula is C31H35Cl2N3O5S. The summed E-state index contributed by atoms with van der Waals surface area (Å²) in [7, 11) is -2.67. The largest absolute Gasteiger partial charge is 0.497 e. The molecule has 3 aromatic carbocycles. The van der Waals surface area contributed by atoms with Crippen molar-refractivity contribution in [1.82, 2.24) is 10.2 Å². The molecule has 0 aromatic heterocycles. The Morgan fingerprint density at radius 3 is 2.26 bits per heavy atom. The molecule has 11 heteroatoms. The molecule has 2 amide bonds. The number of carbonyl (C=O) groups excluding carboxylic acids is 2. The summed E-state index contributed by atoms with van der Waals surface area (Å²) >= 11 is 12.5. The predicted molar refractivity (Wildman–Crippen MR) is 165 cm³/mol. The fraction of sp³-hybridized carbons (Fsp3) is 0.355. The highest BCUT2D eigenvalue weighted by Gasteiger charge is 2.34. The van der Waals surface area contributed by atoms with E-state index < -0.39 is 28.5 Å². The summed E-state index contributed by atoms with van der Waals surface area (Å²) in [6.07, 6.45) is 4.21. The van der Waals surface area contributed by atoms with Gasteiger partial charge in [-0.15, -0.1) is 0 Å². The Balaban J connectivity index is 1.74. The molecule has 42 heavy (non-hydrogen) atoms. The first kappa shape index (κ1) is 31.7. The Morgan fingerprint density at radius 2 is 1.64 bits per heavy atom.